The highest BCUT2D eigenvalue weighted by Crippen LogP contribution is 2.11. The van der Waals surface area contributed by atoms with Gasteiger partial charge in [0.05, 0.1) is 0 Å². The van der Waals surface area contributed by atoms with Crippen LogP contribution in [0.4, 0.5) is 4.39 Å². The summed E-state index contributed by atoms with van der Waals surface area (Å²) in [6.45, 7) is 2.70. The lowest BCUT2D eigenvalue weighted by atomic mass is 10.1. The van der Waals surface area contributed by atoms with Gasteiger partial charge in [-0.05, 0) is 42.7 Å². The Morgan fingerprint density at radius 3 is 2.58 bits per heavy atom. The maximum atomic E-state index is 12.9. The average molecular weight is 324 g/mol. The largest absolute Gasteiger partial charge is 0.325 e. The molecule has 0 atom stereocenters. The first-order valence-corrected chi connectivity index (χ1v) is 8.23. The zero-order valence-electron chi connectivity index (χ0n) is 13.5. The van der Waals surface area contributed by atoms with Crippen LogP contribution in [0.1, 0.15) is 22.3 Å². The summed E-state index contributed by atoms with van der Waals surface area (Å²) < 4.78 is 12.9. The molecule has 0 fully saturated rings. The number of carbonyl (C=O) groups excluding carboxylic acids is 1. The molecule has 1 aliphatic rings. The predicted molar refractivity (Wildman–Crippen MR) is 93.2 cm³/mol. The second-order valence-electron chi connectivity index (χ2n) is 5.99. The molecular weight excluding hydrogens is 303 g/mol. The van der Waals surface area contributed by atoms with Crippen LogP contribution in [0.25, 0.3) is 0 Å². The van der Waals surface area contributed by atoms with Gasteiger partial charge >= 0.3 is 0 Å². The van der Waals surface area contributed by atoms with E-state index in [-0.39, 0.29) is 11.7 Å². The van der Waals surface area contributed by atoms with E-state index in [1.165, 1.54) is 29.8 Å². The van der Waals surface area contributed by atoms with Gasteiger partial charge in [0.2, 0.25) is 0 Å². The number of carbonyl (C=O) groups is 1. The van der Waals surface area contributed by atoms with Crippen molar-refractivity contribution >= 4 is 5.91 Å². The molecule has 4 heteroatoms. The van der Waals surface area contributed by atoms with E-state index >= 15 is 0 Å². The van der Waals surface area contributed by atoms with Crippen LogP contribution in [-0.2, 0) is 6.42 Å². The van der Waals surface area contributed by atoms with Crippen molar-refractivity contribution in [2.24, 2.45) is 0 Å². The van der Waals surface area contributed by atoms with Crippen molar-refractivity contribution in [3.05, 3.63) is 83.3 Å². The first-order valence-electron chi connectivity index (χ1n) is 8.23. The van der Waals surface area contributed by atoms with Gasteiger partial charge < -0.3 is 5.32 Å². The standard InChI is InChI=1S/C20H21FN2O/c21-18-10-8-17(9-11-18)20(24)22-19-7-4-13-23(15-19)14-12-16-5-2-1-3-6-16/h1-3,5-11H,4,12-15H2,(H,22,24). The van der Waals surface area contributed by atoms with Crippen molar-refractivity contribution in [3.8, 4) is 0 Å². The van der Waals surface area contributed by atoms with Gasteiger partial charge in [-0.15, -0.1) is 0 Å². The van der Waals surface area contributed by atoms with Gasteiger partial charge in [-0.2, -0.15) is 0 Å². The molecule has 24 heavy (non-hydrogen) atoms. The minimum atomic E-state index is -0.337. The number of nitrogens with one attached hydrogen (secondary N) is 1. The summed E-state index contributed by atoms with van der Waals surface area (Å²) in [6, 6.07) is 16.0. The van der Waals surface area contributed by atoms with E-state index in [9.17, 15) is 9.18 Å². The van der Waals surface area contributed by atoms with Crippen LogP contribution < -0.4 is 5.32 Å². The van der Waals surface area contributed by atoms with Crippen LogP contribution in [0.2, 0.25) is 0 Å². The molecule has 0 saturated heterocycles. The number of halogens is 1. The summed E-state index contributed by atoms with van der Waals surface area (Å²) in [7, 11) is 0. The van der Waals surface area contributed by atoms with E-state index in [1.807, 2.05) is 6.07 Å². The van der Waals surface area contributed by atoms with E-state index in [1.54, 1.807) is 0 Å². The Bertz CT molecular complexity index is 710. The summed E-state index contributed by atoms with van der Waals surface area (Å²) in [6.07, 6.45) is 3.99. The molecule has 1 N–H and O–H groups in total. The molecule has 0 aliphatic carbocycles. The molecule has 3 rings (SSSR count). The fourth-order valence-corrected chi connectivity index (χ4v) is 2.84. The molecule has 2 aromatic rings. The first kappa shape index (κ1) is 16.4. The summed E-state index contributed by atoms with van der Waals surface area (Å²) in [5.41, 5.74) is 2.71. The first-order chi connectivity index (χ1) is 11.7. The Hall–Kier alpha value is -2.46. The van der Waals surface area contributed by atoms with E-state index in [0.717, 1.165) is 38.2 Å². The SMILES string of the molecule is O=C(NC1=CCCN(CCc2ccccc2)C1)c1ccc(F)cc1. The van der Waals surface area contributed by atoms with E-state index < -0.39 is 0 Å². The van der Waals surface area contributed by atoms with E-state index in [0.29, 0.717) is 5.56 Å². The summed E-state index contributed by atoms with van der Waals surface area (Å²) >= 11 is 0. The van der Waals surface area contributed by atoms with Crippen LogP contribution in [0.5, 0.6) is 0 Å². The lowest BCUT2D eigenvalue weighted by molar-refractivity contribution is 0.0960. The summed E-state index contributed by atoms with van der Waals surface area (Å²) in [5, 5.41) is 2.94. The van der Waals surface area contributed by atoms with Gasteiger partial charge in [0, 0.05) is 30.9 Å². The normalized spacial score (nSPS) is 15.0. The van der Waals surface area contributed by atoms with Gasteiger partial charge in [-0.1, -0.05) is 36.4 Å². The Morgan fingerprint density at radius 2 is 1.83 bits per heavy atom. The second-order valence-corrected chi connectivity index (χ2v) is 5.99. The Morgan fingerprint density at radius 1 is 1.08 bits per heavy atom. The zero-order chi connectivity index (χ0) is 16.8. The minimum Gasteiger partial charge on any atom is -0.325 e. The number of amides is 1. The third-order valence-electron chi connectivity index (χ3n) is 4.17. The molecule has 0 radical (unpaired) electrons. The van der Waals surface area contributed by atoms with Crippen molar-refractivity contribution in [1.29, 1.82) is 0 Å². The zero-order valence-corrected chi connectivity index (χ0v) is 13.5. The van der Waals surface area contributed by atoms with Gasteiger partial charge in [-0.25, -0.2) is 4.39 Å². The fraction of sp³-hybridized carbons (Fsp3) is 0.250. The van der Waals surface area contributed by atoms with E-state index in [2.05, 4.69) is 40.6 Å². The number of hydrogen-bond donors (Lipinski definition) is 1. The lowest BCUT2D eigenvalue weighted by Gasteiger charge is -2.27. The van der Waals surface area contributed by atoms with Crippen molar-refractivity contribution in [2.75, 3.05) is 19.6 Å². The molecule has 0 aromatic heterocycles. The molecule has 2 aromatic carbocycles. The predicted octanol–water partition coefficient (Wildman–Crippen LogP) is 3.39. The van der Waals surface area contributed by atoms with Crippen LogP contribution in [0.3, 0.4) is 0 Å². The van der Waals surface area contributed by atoms with Crippen LogP contribution in [-0.4, -0.2) is 30.4 Å². The van der Waals surface area contributed by atoms with Crippen LogP contribution in [0, 0.1) is 5.82 Å². The Balaban J connectivity index is 1.52. The van der Waals surface area contributed by atoms with Crippen molar-refractivity contribution in [3.63, 3.8) is 0 Å². The maximum absolute atomic E-state index is 12.9. The summed E-state index contributed by atoms with van der Waals surface area (Å²) in [4.78, 5) is 14.6. The third-order valence-corrected chi connectivity index (χ3v) is 4.17. The quantitative estimate of drug-likeness (QED) is 0.914. The van der Waals surface area contributed by atoms with Crippen LogP contribution >= 0.6 is 0 Å². The molecule has 0 bridgehead atoms. The second kappa shape index (κ2) is 7.88. The lowest BCUT2D eigenvalue weighted by Crippen LogP contribution is -2.37. The third kappa shape index (κ3) is 4.52. The Labute approximate surface area is 141 Å². The van der Waals surface area contributed by atoms with Gasteiger partial charge in [0.15, 0.2) is 0 Å². The molecule has 0 spiro atoms. The summed E-state index contributed by atoms with van der Waals surface area (Å²) in [5.74, 6) is -0.526. The number of hydrogen-bond acceptors (Lipinski definition) is 2. The molecule has 1 aliphatic heterocycles. The molecule has 3 nitrogen and oxygen atoms in total. The van der Waals surface area contributed by atoms with Crippen molar-refractivity contribution in [2.45, 2.75) is 12.8 Å². The topological polar surface area (TPSA) is 32.3 Å². The molecule has 0 saturated carbocycles. The molecule has 124 valence electrons. The highest BCUT2D eigenvalue weighted by molar-refractivity contribution is 5.95. The minimum absolute atomic E-state index is 0.189. The van der Waals surface area contributed by atoms with Gasteiger partial charge in [0.1, 0.15) is 5.82 Å². The highest BCUT2D eigenvalue weighted by Gasteiger charge is 2.15. The van der Waals surface area contributed by atoms with Crippen molar-refractivity contribution < 1.29 is 9.18 Å². The fourth-order valence-electron chi connectivity index (χ4n) is 2.84. The number of nitrogens with zero attached hydrogens (tertiary/aromatic N) is 1. The van der Waals surface area contributed by atoms with E-state index in [4.69, 9.17) is 0 Å². The Kier molecular flexibility index (Phi) is 5.39. The monoisotopic (exact) mass is 324 g/mol. The smallest absolute Gasteiger partial charge is 0.255 e. The van der Waals surface area contributed by atoms with Gasteiger partial charge in [-0.3, -0.25) is 9.69 Å². The maximum Gasteiger partial charge on any atom is 0.255 e. The molecule has 1 heterocycles. The van der Waals surface area contributed by atoms with Crippen LogP contribution in [0.15, 0.2) is 66.4 Å². The number of rotatable bonds is 5. The molecule has 0 unspecified atom stereocenters. The molecular formula is C20H21FN2O. The number of benzene rings is 2. The molecule has 1 amide bonds. The average Bonchev–Trinajstić information content (AvgIpc) is 2.62. The van der Waals surface area contributed by atoms with Gasteiger partial charge in [0.25, 0.3) is 5.91 Å². The van der Waals surface area contributed by atoms with Crippen molar-refractivity contribution in [1.82, 2.24) is 10.2 Å². The highest BCUT2D eigenvalue weighted by atomic mass is 19.1.